The highest BCUT2D eigenvalue weighted by Gasteiger charge is 2.30. The molecule has 1 N–H and O–H groups in total. The van der Waals surface area contributed by atoms with Crippen LogP contribution in [0.1, 0.15) is 27.7 Å². The second-order valence-electron chi connectivity index (χ2n) is 6.77. The summed E-state index contributed by atoms with van der Waals surface area (Å²) < 4.78 is 32.5. The molecule has 0 aliphatic carbocycles. The average molecular weight is 431 g/mol. The summed E-state index contributed by atoms with van der Waals surface area (Å²) in [6.45, 7) is 11.0. The molecule has 0 heterocycles. The minimum absolute atomic E-state index is 0.0619. The largest absolute Gasteiger partial charge is 0.454 e. The normalized spacial score (nSPS) is 12.5. The molecule has 0 aliphatic heterocycles. The second-order valence-corrected chi connectivity index (χ2v) is 8.92. The van der Waals surface area contributed by atoms with Crippen LogP contribution in [-0.2, 0) is 24.3 Å². The van der Waals surface area contributed by atoms with Gasteiger partial charge in [0.2, 0.25) is 10.0 Å². The molecule has 1 aromatic carbocycles. The number of nitrogens with one attached hydrogen (secondary N) is 1. The maximum absolute atomic E-state index is 12.6. The number of nitrogens with zero attached hydrogens (tertiary/aromatic N) is 1. The summed E-state index contributed by atoms with van der Waals surface area (Å²) in [5, 5.41) is 0.259. The number of rotatable bonds is 10. The highest BCUT2D eigenvalue weighted by molar-refractivity contribution is 7.89. The van der Waals surface area contributed by atoms with Gasteiger partial charge < -0.3 is 9.64 Å². The third-order valence-corrected chi connectivity index (χ3v) is 5.52. The van der Waals surface area contributed by atoms with Crippen molar-refractivity contribution in [2.24, 2.45) is 5.92 Å². The molecule has 0 saturated carbocycles. The van der Waals surface area contributed by atoms with Gasteiger partial charge in [-0.2, -0.15) is 4.72 Å². The lowest BCUT2D eigenvalue weighted by Gasteiger charge is -2.23. The van der Waals surface area contributed by atoms with Crippen molar-refractivity contribution >= 4 is 33.5 Å². The Morgan fingerprint density at radius 3 is 2.46 bits per heavy atom. The molecule has 1 atom stereocenters. The van der Waals surface area contributed by atoms with Gasteiger partial charge in [0.1, 0.15) is 6.04 Å². The minimum Gasteiger partial charge on any atom is -0.454 e. The third kappa shape index (κ3) is 7.26. The van der Waals surface area contributed by atoms with Crippen molar-refractivity contribution in [2.45, 2.75) is 38.6 Å². The molecule has 1 aromatic rings. The zero-order valence-electron chi connectivity index (χ0n) is 16.6. The molecule has 1 rings (SSSR count). The molecule has 0 aliphatic rings. The number of esters is 1. The Balaban J connectivity index is 2.84. The smallest absolute Gasteiger partial charge is 0.324 e. The van der Waals surface area contributed by atoms with Crippen molar-refractivity contribution in [2.75, 3.05) is 19.7 Å². The highest BCUT2D eigenvalue weighted by Crippen LogP contribution is 2.17. The van der Waals surface area contributed by atoms with Gasteiger partial charge in [-0.1, -0.05) is 43.7 Å². The molecule has 1 amide bonds. The number of carbonyl (C=O) groups is 2. The molecule has 0 saturated heterocycles. The number of likely N-dealkylation sites (N-methyl/N-ethyl adjacent to an activating group) is 1. The van der Waals surface area contributed by atoms with Crippen molar-refractivity contribution in [1.82, 2.24) is 9.62 Å². The molecular formula is C19H27ClN2O5S. The fourth-order valence-electron chi connectivity index (χ4n) is 2.34. The Bertz CT molecular complexity index is 823. The van der Waals surface area contributed by atoms with Crippen LogP contribution in [0.25, 0.3) is 0 Å². The predicted molar refractivity (Wildman–Crippen MR) is 108 cm³/mol. The van der Waals surface area contributed by atoms with Gasteiger partial charge in [-0.15, -0.1) is 0 Å². The van der Waals surface area contributed by atoms with Crippen molar-refractivity contribution in [3.8, 4) is 0 Å². The van der Waals surface area contributed by atoms with Crippen LogP contribution in [0.2, 0.25) is 5.02 Å². The lowest BCUT2D eigenvalue weighted by molar-refractivity contribution is -0.154. The molecule has 0 fully saturated rings. The lowest BCUT2D eigenvalue weighted by atomic mass is 10.1. The van der Waals surface area contributed by atoms with Gasteiger partial charge in [-0.05, 0) is 38.0 Å². The highest BCUT2D eigenvalue weighted by atomic mass is 35.5. The first-order valence-electron chi connectivity index (χ1n) is 8.84. The zero-order chi connectivity index (χ0) is 21.5. The molecular weight excluding hydrogens is 404 g/mol. The molecule has 28 heavy (non-hydrogen) atoms. The fourth-order valence-corrected chi connectivity index (χ4v) is 3.98. The van der Waals surface area contributed by atoms with Crippen molar-refractivity contribution < 1.29 is 22.7 Å². The summed E-state index contributed by atoms with van der Waals surface area (Å²) in [4.78, 5) is 26.1. The van der Waals surface area contributed by atoms with E-state index in [0.717, 1.165) is 5.57 Å². The number of ether oxygens (including phenoxy) is 1. The average Bonchev–Trinajstić information content (AvgIpc) is 2.61. The summed E-state index contributed by atoms with van der Waals surface area (Å²) in [7, 11) is -3.99. The Hall–Kier alpha value is -1.90. The predicted octanol–water partition coefficient (Wildman–Crippen LogP) is 2.61. The van der Waals surface area contributed by atoms with Crippen LogP contribution in [0.4, 0.5) is 0 Å². The summed E-state index contributed by atoms with van der Waals surface area (Å²) in [6, 6.07) is 4.56. The lowest BCUT2D eigenvalue weighted by Crippen LogP contribution is -2.46. The Labute approximate surface area is 171 Å². The van der Waals surface area contributed by atoms with E-state index in [4.69, 9.17) is 16.3 Å². The first-order chi connectivity index (χ1) is 13.0. The number of amides is 1. The fraction of sp³-hybridized carbons (Fsp3) is 0.474. The van der Waals surface area contributed by atoms with Gasteiger partial charge in [-0.25, -0.2) is 8.42 Å². The number of hydrogen-bond acceptors (Lipinski definition) is 5. The van der Waals surface area contributed by atoms with Gasteiger partial charge in [-0.3, -0.25) is 9.59 Å². The van der Waals surface area contributed by atoms with E-state index in [1.54, 1.807) is 33.8 Å². The molecule has 0 radical (unpaired) electrons. The van der Waals surface area contributed by atoms with Crippen molar-refractivity contribution in [3.63, 3.8) is 0 Å². The summed E-state index contributed by atoms with van der Waals surface area (Å²) >= 11 is 5.84. The van der Waals surface area contributed by atoms with E-state index in [2.05, 4.69) is 11.3 Å². The van der Waals surface area contributed by atoms with Crippen LogP contribution in [-0.4, -0.2) is 50.9 Å². The maximum Gasteiger partial charge on any atom is 0.324 e. The summed E-state index contributed by atoms with van der Waals surface area (Å²) in [5.41, 5.74) is 0.802. The third-order valence-electron chi connectivity index (χ3n) is 3.84. The van der Waals surface area contributed by atoms with Gasteiger partial charge in [0, 0.05) is 18.1 Å². The van der Waals surface area contributed by atoms with Crippen molar-refractivity contribution in [1.29, 1.82) is 0 Å². The number of carbonyl (C=O) groups excluding carboxylic acids is 2. The van der Waals surface area contributed by atoms with Gasteiger partial charge in [0.15, 0.2) is 6.61 Å². The molecule has 7 nitrogen and oxygen atoms in total. The van der Waals surface area contributed by atoms with Gasteiger partial charge >= 0.3 is 5.97 Å². The van der Waals surface area contributed by atoms with E-state index in [1.165, 1.54) is 23.1 Å². The Morgan fingerprint density at radius 1 is 1.32 bits per heavy atom. The van der Waals surface area contributed by atoms with Crippen LogP contribution >= 0.6 is 11.6 Å². The van der Waals surface area contributed by atoms with Gasteiger partial charge in [0.05, 0.1) is 4.90 Å². The van der Waals surface area contributed by atoms with Crippen molar-refractivity contribution in [3.05, 3.63) is 41.4 Å². The SMILES string of the molecule is C=C(C)CN(CC)C(=O)COC(=O)C(NS(=O)(=O)c1cccc(Cl)c1)C(C)C. The second kappa shape index (κ2) is 10.6. The van der Waals surface area contributed by atoms with E-state index in [1.807, 2.05) is 0 Å². The van der Waals surface area contributed by atoms with Crippen LogP contribution in [0, 0.1) is 5.92 Å². The summed E-state index contributed by atoms with van der Waals surface area (Å²) in [5.74, 6) is -1.59. The van der Waals surface area contributed by atoms with E-state index in [9.17, 15) is 18.0 Å². The van der Waals surface area contributed by atoms with Gasteiger partial charge in [0.25, 0.3) is 5.91 Å². The maximum atomic E-state index is 12.6. The first kappa shape index (κ1) is 24.1. The van der Waals surface area contributed by atoms with E-state index in [0.29, 0.717) is 13.1 Å². The van der Waals surface area contributed by atoms with Crippen LogP contribution < -0.4 is 4.72 Å². The molecule has 0 aromatic heterocycles. The number of hydrogen-bond donors (Lipinski definition) is 1. The van der Waals surface area contributed by atoms with Crippen LogP contribution in [0.5, 0.6) is 0 Å². The number of sulfonamides is 1. The minimum atomic E-state index is -3.99. The number of benzene rings is 1. The number of halogens is 1. The molecule has 9 heteroatoms. The topological polar surface area (TPSA) is 92.8 Å². The summed E-state index contributed by atoms with van der Waals surface area (Å²) in [6.07, 6.45) is 0. The Morgan fingerprint density at radius 2 is 1.96 bits per heavy atom. The zero-order valence-corrected chi connectivity index (χ0v) is 18.1. The van der Waals surface area contributed by atoms with Crippen LogP contribution in [0.15, 0.2) is 41.3 Å². The van der Waals surface area contributed by atoms with Crippen LogP contribution in [0.3, 0.4) is 0 Å². The molecule has 1 unspecified atom stereocenters. The Kier molecular flexibility index (Phi) is 9.13. The van der Waals surface area contributed by atoms with E-state index >= 15 is 0 Å². The monoisotopic (exact) mass is 430 g/mol. The van der Waals surface area contributed by atoms with E-state index < -0.39 is 34.6 Å². The molecule has 0 spiro atoms. The first-order valence-corrected chi connectivity index (χ1v) is 10.7. The molecule has 0 bridgehead atoms. The van der Waals surface area contributed by atoms with E-state index in [-0.39, 0.29) is 15.8 Å². The standard InChI is InChI=1S/C19H27ClN2O5S/c1-6-22(11-13(2)3)17(23)12-27-19(24)18(14(4)5)21-28(25,26)16-9-7-8-15(20)10-16/h7-10,14,18,21H,2,6,11-12H2,1,3-5H3. The quantitative estimate of drug-likeness (QED) is 0.455. The molecule has 156 valence electrons.